The number of ether oxygens (including phenoxy) is 1. The van der Waals surface area contributed by atoms with E-state index in [1.807, 2.05) is 0 Å². The van der Waals surface area contributed by atoms with E-state index in [0.29, 0.717) is 37.0 Å². The van der Waals surface area contributed by atoms with Crippen molar-refractivity contribution in [3.63, 3.8) is 0 Å². The average molecular weight is 325 g/mol. The number of hydrogen-bond acceptors (Lipinski definition) is 6. The smallest absolute Gasteiger partial charge is 0.318 e. The summed E-state index contributed by atoms with van der Waals surface area (Å²) in [4.78, 5) is 20.7. The number of carbonyl (C=O) groups is 1. The molecule has 0 spiro atoms. The molecule has 8 heteroatoms. The molecule has 120 valence electrons. The number of aromatic nitrogens is 2. The van der Waals surface area contributed by atoms with Crippen molar-refractivity contribution in [1.82, 2.24) is 9.97 Å². The third-order valence-corrected chi connectivity index (χ3v) is 4.98. The van der Waals surface area contributed by atoms with E-state index in [1.54, 1.807) is 13.0 Å². The number of sulfonamides is 1. The number of rotatable bonds is 5. The maximum absolute atomic E-state index is 12.5. The first-order valence-corrected chi connectivity index (χ1v) is 9.21. The molecule has 22 heavy (non-hydrogen) atoms. The fraction of sp³-hybridized carbons (Fsp3) is 0.643. The van der Waals surface area contributed by atoms with E-state index in [9.17, 15) is 13.2 Å². The summed E-state index contributed by atoms with van der Waals surface area (Å²) in [7, 11) is -3.43. The molecule has 3 rings (SSSR count). The zero-order valence-corrected chi connectivity index (χ0v) is 13.4. The van der Waals surface area contributed by atoms with E-state index >= 15 is 0 Å². The van der Waals surface area contributed by atoms with Crippen molar-refractivity contribution in [3.8, 4) is 0 Å². The summed E-state index contributed by atoms with van der Waals surface area (Å²) in [5.41, 5.74) is -0.222. The van der Waals surface area contributed by atoms with Crippen molar-refractivity contribution in [2.75, 3.05) is 17.6 Å². The number of nitrogens with one attached hydrogen (secondary N) is 1. The molecule has 0 saturated heterocycles. The summed E-state index contributed by atoms with van der Waals surface area (Å²) in [6.45, 7) is 2.09. The lowest BCUT2D eigenvalue weighted by atomic mass is 9.79. The molecular formula is C14H19N3O4S. The Labute approximate surface area is 129 Å². The van der Waals surface area contributed by atoms with E-state index in [1.165, 1.54) is 6.33 Å². The van der Waals surface area contributed by atoms with Crippen LogP contribution in [0.4, 0.5) is 5.82 Å². The number of esters is 1. The first-order chi connectivity index (χ1) is 10.3. The lowest BCUT2D eigenvalue weighted by Gasteiger charge is -2.27. The van der Waals surface area contributed by atoms with Gasteiger partial charge in [0.1, 0.15) is 17.6 Å². The van der Waals surface area contributed by atoms with Crippen molar-refractivity contribution < 1.29 is 17.9 Å². The summed E-state index contributed by atoms with van der Waals surface area (Å²) in [6.07, 6.45) is 4.92. The number of nitrogens with zero attached hydrogens (tertiary/aromatic N) is 2. The third kappa shape index (κ3) is 2.79. The lowest BCUT2D eigenvalue weighted by molar-refractivity contribution is -0.150. The van der Waals surface area contributed by atoms with Gasteiger partial charge in [0.2, 0.25) is 10.0 Å². The minimum absolute atomic E-state index is 0.178. The molecule has 2 aliphatic rings. The molecule has 1 N–H and O–H groups in total. The normalized spacial score (nSPS) is 29.7. The Morgan fingerprint density at radius 1 is 1.41 bits per heavy atom. The highest BCUT2D eigenvalue weighted by Gasteiger charge is 2.59. The second kappa shape index (κ2) is 5.19. The summed E-state index contributed by atoms with van der Waals surface area (Å²) < 4.78 is 30.3. The van der Waals surface area contributed by atoms with E-state index in [4.69, 9.17) is 4.74 Å². The lowest BCUT2D eigenvalue weighted by Crippen LogP contribution is -2.37. The van der Waals surface area contributed by atoms with Gasteiger partial charge in [-0.05, 0) is 38.0 Å². The van der Waals surface area contributed by atoms with Crippen LogP contribution < -0.4 is 4.72 Å². The molecule has 2 aliphatic carbocycles. The van der Waals surface area contributed by atoms with E-state index in [0.717, 1.165) is 12.7 Å². The third-order valence-electron chi connectivity index (χ3n) is 4.40. The van der Waals surface area contributed by atoms with Gasteiger partial charge >= 0.3 is 5.97 Å². The molecule has 1 aromatic rings. The molecule has 1 heterocycles. The fourth-order valence-corrected chi connectivity index (χ4v) is 3.89. The van der Waals surface area contributed by atoms with E-state index in [2.05, 4.69) is 14.7 Å². The zero-order chi connectivity index (χ0) is 16.0. The van der Waals surface area contributed by atoms with Crippen LogP contribution in [0.2, 0.25) is 0 Å². The molecule has 2 saturated carbocycles. The number of anilines is 1. The highest BCUT2D eigenvalue weighted by Crippen LogP contribution is 2.60. The number of hydrogen-bond donors (Lipinski definition) is 1. The largest absolute Gasteiger partial charge is 0.465 e. The second-order valence-corrected chi connectivity index (χ2v) is 7.88. The van der Waals surface area contributed by atoms with Crippen LogP contribution in [0.3, 0.4) is 0 Å². The monoisotopic (exact) mass is 325 g/mol. The van der Waals surface area contributed by atoms with Crippen LogP contribution in [0.25, 0.3) is 0 Å². The Morgan fingerprint density at radius 2 is 2.09 bits per heavy atom. The van der Waals surface area contributed by atoms with Crippen LogP contribution in [0, 0.1) is 11.8 Å². The Hall–Kier alpha value is -1.70. The van der Waals surface area contributed by atoms with Crippen molar-refractivity contribution in [3.05, 3.63) is 18.1 Å². The van der Waals surface area contributed by atoms with Gasteiger partial charge in [-0.3, -0.25) is 9.52 Å². The van der Waals surface area contributed by atoms with Gasteiger partial charge in [-0.1, -0.05) is 0 Å². The highest BCUT2D eigenvalue weighted by molar-refractivity contribution is 7.92. The Balaban J connectivity index is 1.95. The minimum atomic E-state index is -3.43. The topological polar surface area (TPSA) is 98.2 Å². The number of carbonyl (C=O) groups excluding carboxylic acids is 1. The quantitative estimate of drug-likeness (QED) is 0.813. The van der Waals surface area contributed by atoms with Crippen LogP contribution in [0.5, 0.6) is 0 Å². The predicted molar refractivity (Wildman–Crippen MR) is 79.6 cm³/mol. The van der Waals surface area contributed by atoms with Gasteiger partial charge in [0.15, 0.2) is 0 Å². The first kappa shape index (κ1) is 15.2. The molecule has 0 bridgehead atoms. The molecule has 0 aromatic carbocycles. The average Bonchev–Trinajstić information content (AvgIpc) is 3.04. The molecule has 2 fully saturated rings. The van der Waals surface area contributed by atoms with Crippen molar-refractivity contribution in [1.29, 1.82) is 0 Å². The molecule has 0 radical (unpaired) electrons. The van der Waals surface area contributed by atoms with Gasteiger partial charge in [0.05, 0.1) is 18.6 Å². The van der Waals surface area contributed by atoms with Crippen LogP contribution in [0.15, 0.2) is 12.4 Å². The molecular weight excluding hydrogens is 306 g/mol. The van der Waals surface area contributed by atoms with Gasteiger partial charge in [0, 0.05) is 6.07 Å². The van der Waals surface area contributed by atoms with Crippen LogP contribution in [-0.2, 0) is 25.0 Å². The van der Waals surface area contributed by atoms with Gasteiger partial charge in [-0.15, -0.1) is 0 Å². The highest BCUT2D eigenvalue weighted by atomic mass is 32.2. The Bertz CT molecular complexity index is 694. The first-order valence-electron chi connectivity index (χ1n) is 7.31. The number of fused-ring (bicyclic) bond motifs is 1. The maximum atomic E-state index is 12.5. The van der Waals surface area contributed by atoms with Gasteiger partial charge in [-0.2, -0.15) is 0 Å². The molecule has 2 unspecified atom stereocenters. The Kier molecular flexibility index (Phi) is 3.58. The fourth-order valence-electron chi connectivity index (χ4n) is 3.40. The standard InChI is InChI=1S/C14H19N3O4S/c1-3-21-13(18)14(6-9-4-10(9)7-14)11-5-12(16-8-15-11)17-22(2,19)20/h5,8-10H,3-4,6-7H2,1-2H3,(H,15,16,17). The molecule has 2 atom stereocenters. The summed E-state index contributed by atoms with van der Waals surface area (Å²) in [5, 5.41) is 0. The minimum Gasteiger partial charge on any atom is -0.465 e. The SMILES string of the molecule is CCOC(=O)C1(c2cc(NS(C)(=O)=O)ncn2)CC2CC2C1. The van der Waals surface area contributed by atoms with Crippen molar-refractivity contribution in [2.24, 2.45) is 11.8 Å². The van der Waals surface area contributed by atoms with Crippen molar-refractivity contribution in [2.45, 2.75) is 31.6 Å². The van der Waals surface area contributed by atoms with Crippen LogP contribution in [-0.4, -0.2) is 37.2 Å². The van der Waals surface area contributed by atoms with Gasteiger partial charge in [-0.25, -0.2) is 18.4 Å². The summed E-state index contributed by atoms with van der Waals surface area (Å²) in [5.74, 6) is 0.999. The Morgan fingerprint density at radius 3 is 2.68 bits per heavy atom. The van der Waals surface area contributed by atoms with Gasteiger partial charge < -0.3 is 4.74 Å². The molecule has 7 nitrogen and oxygen atoms in total. The summed E-state index contributed by atoms with van der Waals surface area (Å²) in [6, 6.07) is 1.54. The molecule has 0 amide bonds. The van der Waals surface area contributed by atoms with Crippen LogP contribution in [0.1, 0.15) is 31.9 Å². The predicted octanol–water partition coefficient (Wildman–Crippen LogP) is 1.08. The van der Waals surface area contributed by atoms with E-state index < -0.39 is 15.4 Å². The van der Waals surface area contributed by atoms with E-state index in [-0.39, 0.29) is 11.8 Å². The molecule has 1 aromatic heterocycles. The van der Waals surface area contributed by atoms with Crippen molar-refractivity contribution >= 4 is 21.8 Å². The maximum Gasteiger partial charge on any atom is 0.318 e. The summed E-state index contributed by atoms with van der Waals surface area (Å²) >= 11 is 0. The zero-order valence-electron chi connectivity index (χ0n) is 12.6. The van der Waals surface area contributed by atoms with Gasteiger partial charge in [0.25, 0.3) is 0 Å². The second-order valence-electron chi connectivity index (χ2n) is 6.13. The molecule has 0 aliphatic heterocycles. The van der Waals surface area contributed by atoms with Crippen LogP contribution >= 0.6 is 0 Å².